The predicted molar refractivity (Wildman–Crippen MR) is 88.6 cm³/mol. The summed E-state index contributed by atoms with van der Waals surface area (Å²) in [6.07, 6.45) is 6.47. The van der Waals surface area contributed by atoms with Gasteiger partial charge in [0.2, 0.25) is 0 Å². The number of likely N-dealkylation sites (tertiary alicyclic amines) is 1. The van der Waals surface area contributed by atoms with E-state index in [-0.39, 0.29) is 5.54 Å². The van der Waals surface area contributed by atoms with E-state index in [2.05, 4.69) is 49.2 Å². The quantitative estimate of drug-likeness (QED) is 0.905. The van der Waals surface area contributed by atoms with Crippen LogP contribution in [0.5, 0.6) is 0 Å². The summed E-state index contributed by atoms with van der Waals surface area (Å²) in [5.74, 6) is 0. The maximum Gasteiger partial charge on any atom is 0.0596 e. The molecule has 2 rings (SSSR count). The van der Waals surface area contributed by atoms with E-state index < -0.39 is 0 Å². The zero-order chi connectivity index (χ0) is 15.5. The Kier molecular flexibility index (Phi) is 5.44. The number of likely N-dealkylation sites (N-methyl/N-ethyl adjacent to an activating group) is 1. The third kappa shape index (κ3) is 3.86. The summed E-state index contributed by atoms with van der Waals surface area (Å²) in [7, 11) is 4.14. The molecule has 21 heavy (non-hydrogen) atoms. The Labute approximate surface area is 129 Å². The molecule has 1 unspecified atom stereocenters. The van der Waals surface area contributed by atoms with E-state index in [1.54, 1.807) is 0 Å². The maximum atomic E-state index is 4.48. The van der Waals surface area contributed by atoms with E-state index in [0.717, 1.165) is 12.1 Å². The zero-order valence-corrected chi connectivity index (χ0v) is 14.4. The number of nitrogens with one attached hydrogen (secondary N) is 1. The normalized spacial score (nSPS) is 19.5. The maximum absolute atomic E-state index is 4.48. The van der Waals surface area contributed by atoms with Crippen molar-refractivity contribution in [2.24, 2.45) is 7.05 Å². The lowest BCUT2D eigenvalue weighted by Gasteiger charge is -2.44. The van der Waals surface area contributed by atoms with Crippen LogP contribution in [-0.4, -0.2) is 46.4 Å². The second-order valence-corrected chi connectivity index (χ2v) is 7.00. The molecule has 1 aliphatic rings. The van der Waals surface area contributed by atoms with Crippen molar-refractivity contribution in [3.8, 4) is 0 Å². The molecule has 0 aromatic carbocycles. The van der Waals surface area contributed by atoms with Gasteiger partial charge in [-0.05, 0) is 59.8 Å². The van der Waals surface area contributed by atoms with Crippen LogP contribution in [0.15, 0.2) is 6.07 Å². The number of rotatable bonds is 5. The Bertz CT molecular complexity index is 442. The van der Waals surface area contributed by atoms with Crippen LogP contribution in [0.2, 0.25) is 0 Å². The van der Waals surface area contributed by atoms with E-state index in [0.29, 0.717) is 6.04 Å². The van der Waals surface area contributed by atoms with Gasteiger partial charge in [-0.15, -0.1) is 0 Å². The minimum absolute atomic E-state index is 0.164. The van der Waals surface area contributed by atoms with Gasteiger partial charge in [-0.1, -0.05) is 12.8 Å². The second kappa shape index (κ2) is 6.93. The Morgan fingerprint density at radius 1 is 1.24 bits per heavy atom. The Balaban J connectivity index is 2.12. The van der Waals surface area contributed by atoms with Crippen molar-refractivity contribution in [1.29, 1.82) is 0 Å². The molecule has 120 valence electrons. The van der Waals surface area contributed by atoms with Crippen molar-refractivity contribution in [3.05, 3.63) is 17.5 Å². The SMILES string of the molecule is CNC(Cc1cc(C)nn1C)C(C)(C)N1CCCCCC1. The molecule has 0 radical (unpaired) electrons. The molecular weight excluding hydrogens is 260 g/mol. The fourth-order valence-corrected chi connectivity index (χ4v) is 3.64. The van der Waals surface area contributed by atoms with Crippen LogP contribution in [0.4, 0.5) is 0 Å². The molecule has 4 heteroatoms. The Hall–Kier alpha value is -0.870. The standard InChI is InChI=1S/C17H32N4/c1-14-12-15(20(5)19-14)13-16(18-4)17(2,3)21-10-8-6-7-9-11-21/h12,16,18H,6-11,13H2,1-5H3. The molecule has 1 aromatic rings. The summed E-state index contributed by atoms with van der Waals surface area (Å²) in [5, 5.41) is 8.05. The highest BCUT2D eigenvalue weighted by Crippen LogP contribution is 2.25. The van der Waals surface area contributed by atoms with Gasteiger partial charge in [-0.3, -0.25) is 9.58 Å². The molecule has 0 aliphatic carbocycles. The first-order valence-corrected chi connectivity index (χ1v) is 8.37. The summed E-state index contributed by atoms with van der Waals surface area (Å²) in [6.45, 7) is 9.31. The molecule has 0 amide bonds. The summed E-state index contributed by atoms with van der Waals surface area (Å²) >= 11 is 0. The minimum Gasteiger partial charge on any atom is -0.315 e. The highest BCUT2D eigenvalue weighted by Gasteiger charge is 2.35. The first kappa shape index (κ1) is 16.5. The largest absolute Gasteiger partial charge is 0.315 e. The highest BCUT2D eigenvalue weighted by molar-refractivity contribution is 5.12. The van der Waals surface area contributed by atoms with Crippen molar-refractivity contribution in [2.75, 3.05) is 20.1 Å². The summed E-state index contributed by atoms with van der Waals surface area (Å²) < 4.78 is 2.03. The molecule has 1 aliphatic heterocycles. The molecule has 4 nitrogen and oxygen atoms in total. The summed E-state index contributed by atoms with van der Waals surface area (Å²) in [5.41, 5.74) is 2.58. The second-order valence-electron chi connectivity index (χ2n) is 7.00. The Morgan fingerprint density at radius 2 is 1.86 bits per heavy atom. The van der Waals surface area contributed by atoms with Crippen LogP contribution in [0.1, 0.15) is 50.9 Å². The molecule has 0 saturated carbocycles. The van der Waals surface area contributed by atoms with Gasteiger partial charge in [0.25, 0.3) is 0 Å². The zero-order valence-electron chi connectivity index (χ0n) is 14.4. The molecule has 1 N–H and O–H groups in total. The van der Waals surface area contributed by atoms with Gasteiger partial charge in [-0.2, -0.15) is 5.10 Å². The van der Waals surface area contributed by atoms with E-state index >= 15 is 0 Å². The smallest absolute Gasteiger partial charge is 0.0596 e. The van der Waals surface area contributed by atoms with Gasteiger partial charge in [0.1, 0.15) is 0 Å². The molecule has 1 atom stereocenters. The lowest BCUT2D eigenvalue weighted by atomic mass is 9.88. The molecule has 1 fully saturated rings. The average Bonchev–Trinajstić information content (AvgIpc) is 2.66. The van der Waals surface area contributed by atoms with Crippen molar-refractivity contribution in [3.63, 3.8) is 0 Å². The highest BCUT2D eigenvalue weighted by atomic mass is 15.3. The van der Waals surface area contributed by atoms with Crippen molar-refractivity contribution in [2.45, 2.75) is 64.5 Å². The van der Waals surface area contributed by atoms with Crippen molar-refractivity contribution in [1.82, 2.24) is 20.0 Å². The number of aryl methyl sites for hydroxylation is 2. The van der Waals surface area contributed by atoms with Crippen LogP contribution in [-0.2, 0) is 13.5 Å². The van der Waals surface area contributed by atoms with Gasteiger partial charge in [0, 0.05) is 30.7 Å². The third-order valence-corrected chi connectivity index (χ3v) is 5.13. The van der Waals surface area contributed by atoms with E-state index in [1.165, 1.54) is 44.5 Å². The monoisotopic (exact) mass is 292 g/mol. The number of hydrogen-bond acceptors (Lipinski definition) is 3. The number of aromatic nitrogens is 2. The molecular formula is C17H32N4. The fourth-order valence-electron chi connectivity index (χ4n) is 3.64. The van der Waals surface area contributed by atoms with Gasteiger partial charge in [0.15, 0.2) is 0 Å². The van der Waals surface area contributed by atoms with Gasteiger partial charge < -0.3 is 5.32 Å². The van der Waals surface area contributed by atoms with E-state index in [4.69, 9.17) is 0 Å². The summed E-state index contributed by atoms with van der Waals surface area (Å²) in [4.78, 5) is 2.68. The molecule has 1 saturated heterocycles. The first-order chi connectivity index (χ1) is 9.95. The van der Waals surface area contributed by atoms with E-state index in [1.807, 2.05) is 11.7 Å². The summed E-state index contributed by atoms with van der Waals surface area (Å²) in [6, 6.07) is 2.65. The van der Waals surface area contributed by atoms with Crippen LogP contribution in [0.25, 0.3) is 0 Å². The topological polar surface area (TPSA) is 33.1 Å². The van der Waals surface area contributed by atoms with Crippen molar-refractivity contribution < 1.29 is 0 Å². The van der Waals surface area contributed by atoms with Gasteiger partial charge in [0.05, 0.1) is 5.69 Å². The Morgan fingerprint density at radius 3 is 2.33 bits per heavy atom. The van der Waals surface area contributed by atoms with Crippen LogP contribution >= 0.6 is 0 Å². The predicted octanol–water partition coefficient (Wildman–Crippen LogP) is 2.51. The number of hydrogen-bond donors (Lipinski definition) is 1. The number of nitrogens with zero attached hydrogens (tertiary/aromatic N) is 3. The first-order valence-electron chi connectivity index (χ1n) is 8.37. The third-order valence-electron chi connectivity index (χ3n) is 5.13. The van der Waals surface area contributed by atoms with Crippen molar-refractivity contribution >= 4 is 0 Å². The average molecular weight is 292 g/mol. The van der Waals surface area contributed by atoms with Gasteiger partial charge in [-0.25, -0.2) is 0 Å². The molecule has 2 heterocycles. The minimum atomic E-state index is 0.164. The molecule has 0 bridgehead atoms. The molecule has 1 aromatic heterocycles. The lowest BCUT2D eigenvalue weighted by molar-refractivity contribution is 0.0857. The fraction of sp³-hybridized carbons (Fsp3) is 0.824. The molecule has 0 spiro atoms. The van der Waals surface area contributed by atoms with Crippen LogP contribution < -0.4 is 5.32 Å². The lowest BCUT2D eigenvalue weighted by Crippen LogP contribution is -2.58. The van der Waals surface area contributed by atoms with E-state index in [9.17, 15) is 0 Å². The van der Waals surface area contributed by atoms with Crippen LogP contribution in [0, 0.1) is 6.92 Å². The van der Waals surface area contributed by atoms with Crippen LogP contribution in [0.3, 0.4) is 0 Å². The van der Waals surface area contributed by atoms with Gasteiger partial charge >= 0.3 is 0 Å².